The molecule has 4 nitrogen and oxygen atoms in total. The Morgan fingerprint density at radius 2 is 2.26 bits per heavy atom. The number of likely N-dealkylation sites (tertiary alicyclic amines) is 1. The van der Waals surface area contributed by atoms with E-state index >= 15 is 0 Å². The maximum Gasteiger partial charge on any atom is 0.209 e. The fourth-order valence-corrected chi connectivity index (χ4v) is 3.90. The minimum absolute atomic E-state index is 0.385. The zero-order valence-electron chi connectivity index (χ0n) is 10.8. The van der Waals surface area contributed by atoms with Crippen molar-refractivity contribution < 1.29 is 4.79 Å². The van der Waals surface area contributed by atoms with Crippen LogP contribution in [0.4, 0.5) is 0 Å². The monoisotopic (exact) mass is 255 g/mol. The van der Waals surface area contributed by atoms with Crippen LogP contribution in [0.25, 0.3) is 5.52 Å². The fraction of sp³-hybridized carbons (Fsp3) is 0.467. The number of pyridine rings is 1. The highest BCUT2D eigenvalue weighted by atomic mass is 16.1. The summed E-state index contributed by atoms with van der Waals surface area (Å²) < 4.78 is 2.10. The number of hydrogen-bond donors (Lipinski definition) is 0. The summed E-state index contributed by atoms with van der Waals surface area (Å²) in [7, 11) is 0. The van der Waals surface area contributed by atoms with Crippen LogP contribution < -0.4 is 0 Å². The first-order valence-electron chi connectivity index (χ1n) is 6.91. The van der Waals surface area contributed by atoms with Crippen LogP contribution in [-0.2, 0) is 4.79 Å². The first-order valence-corrected chi connectivity index (χ1v) is 6.91. The molecule has 0 N–H and O–H groups in total. The zero-order valence-corrected chi connectivity index (χ0v) is 10.8. The molecular weight excluding hydrogens is 238 g/mol. The van der Waals surface area contributed by atoms with Crippen molar-refractivity contribution in [3.8, 4) is 0 Å². The zero-order chi connectivity index (χ0) is 12.9. The average molecular weight is 255 g/mol. The predicted octanol–water partition coefficient (Wildman–Crippen LogP) is 2.06. The van der Waals surface area contributed by atoms with E-state index in [4.69, 9.17) is 0 Å². The van der Waals surface area contributed by atoms with Gasteiger partial charge in [-0.05, 0) is 31.4 Å². The van der Waals surface area contributed by atoms with Crippen LogP contribution in [0.1, 0.15) is 30.9 Å². The predicted molar refractivity (Wildman–Crippen MR) is 71.9 cm³/mol. The molecule has 2 aromatic rings. The van der Waals surface area contributed by atoms with Gasteiger partial charge >= 0.3 is 0 Å². The molecule has 19 heavy (non-hydrogen) atoms. The average Bonchev–Trinajstić information content (AvgIpc) is 3.00. The summed E-state index contributed by atoms with van der Waals surface area (Å²) in [6.07, 6.45) is 8.55. The summed E-state index contributed by atoms with van der Waals surface area (Å²) in [5.41, 5.74) is 2.86. The molecule has 1 aliphatic heterocycles. The fourth-order valence-electron chi connectivity index (χ4n) is 3.90. The molecule has 1 saturated carbocycles. The number of fused-ring (bicyclic) bond motifs is 1. The van der Waals surface area contributed by atoms with Crippen LogP contribution in [0, 0.1) is 5.41 Å². The standard InChI is InChI=1S/C15H17N3O/c19-11-17-8-15(9-17)5-4-12(7-15)14-13-3-1-2-6-18(13)10-16-14/h1-3,6,10-12H,4-5,7-9H2. The smallest absolute Gasteiger partial charge is 0.209 e. The molecule has 1 spiro atoms. The molecule has 4 heteroatoms. The topological polar surface area (TPSA) is 37.6 Å². The van der Waals surface area contributed by atoms with Crippen LogP contribution in [0.3, 0.4) is 0 Å². The molecule has 1 unspecified atom stereocenters. The number of hydrogen-bond acceptors (Lipinski definition) is 2. The summed E-state index contributed by atoms with van der Waals surface area (Å²) in [5.74, 6) is 0.557. The summed E-state index contributed by atoms with van der Waals surface area (Å²) in [6.45, 7) is 1.89. The molecule has 98 valence electrons. The molecule has 0 radical (unpaired) electrons. The van der Waals surface area contributed by atoms with Crippen molar-refractivity contribution in [3.05, 3.63) is 36.4 Å². The van der Waals surface area contributed by atoms with Gasteiger partial charge in [0.2, 0.25) is 6.41 Å². The van der Waals surface area contributed by atoms with Crippen molar-refractivity contribution in [2.45, 2.75) is 25.2 Å². The van der Waals surface area contributed by atoms with Crippen molar-refractivity contribution in [1.82, 2.24) is 14.3 Å². The van der Waals surface area contributed by atoms with E-state index in [0.29, 0.717) is 11.3 Å². The largest absolute Gasteiger partial charge is 0.344 e. The molecule has 2 aliphatic rings. The second kappa shape index (κ2) is 3.83. The van der Waals surface area contributed by atoms with Crippen molar-refractivity contribution in [1.29, 1.82) is 0 Å². The minimum Gasteiger partial charge on any atom is -0.344 e. The maximum absolute atomic E-state index is 10.7. The molecule has 4 rings (SSSR count). The number of carbonyl (C=O) groups is 1. The van der Waals surface area contributed by atoms with Gasteiger partial charge in [0.15, 0.2) is 0 Å². The Bertz CT molecular complexity index is 627. The van der Waals surface area contributed by atoms with Gasteiger partial charge in [-0.25, -0.2) is 4.98 Å². The number of carbonyl (C=O) groups excluding carboxylic acids is 1. The third-order valence-corrected chi connectivity index (χ3v) is 4.79. The molecule has 1 atom stereocenters. The number of imidazole rings is 1. The maximum atomic E-state index is 10.7. The normalized spacial score (nSPS) is 24.8. The van der Waals surface area contributed by atoms with Gasteiger partial charge in [0.25, 0.3) is 0 Å². The third kappa shape index (κ3) is 1.59. The Balaban J connectivity index is 1.60. The van der Waals surface area contributed by atoms with Gasteiger partial charge in [-0.3, -0.25) is 4.79 Å². The highest BCUT2D eigenvalue weighted by Crippen LogP contribution is 2.51. The van der Waals surface area contributed by atoms with Gasteiger partial charge in [0.1, 0.15) is 0 Å². The molecule has 0 aromatic carbocycles. The molecule has 2 fully saturated rings. The van der Waals surface area contributed by atoms with E-state index in [1.54, 1.807) is 0 Å². The van der Waals surface area contributed by atoms with E-state index in [0.717, 1.165) is 19.5 Å². The van der Waals surface area contributed by atoms with E-state index in [-0.39, 0.29) is 0 Å². The van der Waals surface area contributed by atoms with Crippen molar-refractivity contribution >= 4 is 11.9 Å². The SMILES string of the molecule is O=CN1CC2(CCC(c3ncn4ccccc34)C2)C1. The number of amides is 1. The van der Waals surface area contributed by atoms with E-state index in [2.05, 4.69) is 21.5 Å². The van der Waals surface area contributed by atoms with Gasteiger partial charge in [-0.2, -0.15) is 0 Å². The lowest BCUT2D eigenvalue weighted by Crippen LogP contribution is -2.54. The molecular formula is C15H17N3O. The third-order valence-electron chi connectivity index (χ3n) is 4.79. The number of aromatic nitrogens is 2. The Hall–Kier alpha value is -1.84. The summed E-state index contributed by atoms with van der Waals surface area (Å²) in [6, 6.07) is 6.25. The molecule has 1 aliphatic carbocycles. The highest BCUT2D eigenvalue weighted by molar-refractivity contribution is 5.54. The van der Waals surface area contributed by atoms with Crippen LogP contribution in [0.15, 0.2) is 30.7 Å². The van der Waals surface area contributed by atoms with Crippen molar-refractivity contribution in [3.63, 3.8) is 0 Å². The van der Waals surface area contributed by atoms with Crippen LogP contribution >= 0.6 is 0 Å². The summed E-state index contributed by atoms with van der Waals surface area (Å²) in [5, 5.41) is 0. The van der Waals surface area contributed by atoms with Gasteiger partial charge in [-0.1, -0.05) is 6.07 Å². The van der Waals surface area contributed by atoms with Gasteiger partial charge in [-0.15, -0.1) is 0 Å². The van der Waals surface area contributed by atoms with E-state index in [1.165, 1.54) is 30.5 Å². The quantitative estimate of drug-likeness (QED) is 0.770. The first-order chi connectivity index (χ1) is 9.30. The molecule has 2 aromatic heterocycles. The van der Waals surface area contributed by atoms with Crippen LogP contribution in [0.2, 0.25) is 0 Å². The number of nitrogens with zero attached hydrogens (tertiary/aromatic N) is 3. The lowest BCUT2D eigenvalue weighted by molar-refractivity contribution is -0.129. The Kier molecular flexibility index (Phi) is 2.22. The lowest BCUT2D eigenvalue weighted by Gasteiger charge is -2.46. The second-order valence-electron chi connectivity index (χ2n) is 6.07. The van der Waals surface area contributed by atoms with Gasteiger partial charge in [0.05, 0.1) is 17.5 Å². The minimum atomic E-state index is 0.385. The Labute approximate surface area is 112 Å². The molecule has 1 saturated heterocycles. The summed E-state index contributed by atoms with van der Waals surface area (Å²) >= 11 is 0. The molecule has 0 bridgehead atoms. The van der Waals surface area contributed by atoms with Gasteiger partial charge in [0, 0.05) is 30.6 Å². The lowest BCUT2D eigenvalue weighted by atomic mass is 9.77. The van der Waals surface area contributed by atoms with Crippen molar-refractivity contribution in [2.75, 3.05) is 13.1 Å². The van der Waals surface area contributed by atoms with Gasteiger partial charge < -0.3 is 9.30 Å². The van der Waals surface area contributed by atoms with Crippen molar-refractivity contribution in [2.24, 2.45) is 5.41 Å². The summed E-state index contributed by atoms with van der Waals surface area (Å²) in [4.78, 5) is 17.2. The Morgan fingerprint density at radius 1 is 1.37 bits per heavy atom. The Morgan fingerprint density at radius 3 is 3.11 bits per heavy atom. The highest BCUT2D eigenvalue weighted by Gasteiger charge is 2.48. The van der Waals surface area contributed by atoms with E-state index in [1.807, 2.05) is 23.5 Å². The van der Waals surface area contributed by atoms with Crippen LogP contribution in [-0.4, -0.2) is 33.8 Å². The first kappa shape index (κ1) is 11.0. The number of rotatable bonds is 2. The van der Waals surface area contributed by atoms with E-state index in [9.17, 15) is 4.79 Å². The van der Waals surface area contributed by atoms with E-state index < -0.39 is 0 Å². The molecule has 3 heterocycles. The molecule has 1 amide bonds. The second-order valence-corrected chi connectivity index (χ2v) is 6.07. The van der Waals surface area contributed by atoms with Crippen LogP contribution in [0.5, 0.6) is 0 Å².